The zero-order valence-corrected chi connectivity index (χ0v) is 26.8. The molecule has 238 valence electrons. The smallest absolute Gasteiger partial charge is 0.246 e. The van der Waals surface area contributed by atoms with Gasteiger partial charge in [-0.05, 0) is 93.4 Å². The van der Waals surface area contributed by atoms with Crippen molar-refractivity contribution in [1.82, 2.24) is 31.5 Å². The maximum absolute atomic E-state index is 14.3. The van der Waals surface area contributed by atoms with Gasteiger partial charge in [0.25, 0.3) is 0 Å². The van der Waals surface area contributed by atoms with Crippen molar-refractivity contribution in [1.29, 1.82) is 0 Å². The first-order valence-electron chi connectivity index (χ1n) is 15.5. The van der Waals surface area contributed by atoms with E-state index in [0.29, 0.717) is 43.9 Å². The number of rotatable bonds is 13. The average molecular weight is 623 g/mol. The van der Waals surface area contributed by atoms with E-state index in [0.717, 1.165) is 36.1 Å². The Kier molecular flexibility index (Phi) is 12.4. The molecule has 2 aliphatic rings. The molecule has 0 radical (unpaired) electrons. The molecule has 2 saturated heterocycles. The van der Waals surface area contributed by atoms with E-state index in [1.54, 1.807) is 26.1 Å². The molecule has 0 bridgehead atoms. The standard InChI is InChI=1S/C33H46N6O4S/c1-34-27(21-23-7-5-4-6-8-23)30(40)38-29-24(18-20-37-33(44)35-2)11-12-25-13-16-28(39(25)32(29)42)31(41)36-19-17-22-9-14-26(43-3)15-10-22/h4-10,14-15,24-25,27-29,34H,11-13,16-21H2,1-3H3,(H,36,41)(H,38,40)(H2,35,37,44)/t24-,25+,27-,28+,29+/m1/s1. The Balaban J connectivity index is 1.46. The number of amides is 3. The molecule has 2 aromatic carbocycles. The summed E-state index contributed by atoms with van der Waals surface area (Å²) in [6.07, 6.45) is 4.76. The lowest BCUT2D eigenvalue weighted by Gasteiger charge is -2.33. The molecular formula is C33H46N6O4S. The second-order valence-corrected chi connectivity index (χ2v) is 11.9. The van der Waals surface area contributed by atoms with Crippen molar-refractivity contribution in [2.24, 2.45) is 5.92 Å². The molecule has 2 aromatic rings. The lowest BCUT2D eigenvalue weighted by atomic mass is 9.90. The minimum Gasteiger partial charge on any atom is -0.497 e. The summed E-state index contributed by atoms with van der Waals surface area (Å²) in [7, 11) is 5.15. The minimum atomic E-state index is -0.739. The third-order valence-electron chi connectivity index (χ3n) is 8.81. The molecule has 5 atom stereocenters. The van der Waals surface area contributed by atoms with Gasteiger partial charge in [-0.2, -0.15) is 0 Å². The fourth-order valence-corrected chi connectivity index (χ4v) is 6.41. The number of benzene rings is 2. The number of fused-ring (bicyclic) bond motifs is 1. The van der Waals surface area contributed by atoms with Crippen LogP contribution in [-0.2, 0) is 27.2 Å². The zero-order chi connectivity index (χ0) is 31.5. The first-order chi connectivity index (χ1) is 21.3. The molecule has 2 fully saturated rings. The van der Waals surface area contributed by atoms with E-state index in [2.05, 4.69) is 26.6 Å². The van der Waals surface area contributed by atoms with E-state index >= 15 is 0 Å². The Hall–Kier alpha value is -3.70. The Morgan fingerprint density at radius 2 is 1.68 bits per heavy atom. The number of likely N-dealkylation sites (N-methyl/N-ethyl adjacent to an activating group) is 1. The number of ether oxygens (including phenoxy) is 1. The van der Waals surface area contributed by atoms with Crippen LogP contribution in [0.25, 0.3) is 0 Å². The van der Waals surface area contributed by atoms with E-state index in [9.17, 15) is 14.4 Å². The van der Waals surface area contributed by atoms with Crippen LogP contribution in [0.3, 0.4) is 0 Å². The van der Waals surface area contributed by atoms with Gasteiger partial charge in [-0.3, -0.25) is 14.4 Å². The number of methoxy groups -OCH3 is 1. The Bertz CT molecular complexity index is 1260. The second kappa shape index (κ2) is 16.4. The summed E-state index contributed by atoms with van der Waals surface area (Å²) in [5, 5.41) is 15.9. The van der Waals surface area contributed by atoms with Crippen LogP contribution in [0.5, 0.6) is 5.75 Å². The second-order valence-electron chi connectivity index (χ2n) is 11.5. The van der Waals surface area contributed by atoms with Gasteiger partial charge in [-0.1, -0.05) is 42.5 Å². The average Bonchev–Trinajstić information content (AvgIpc) is 3.43. The van der Waals surface area contributed by atoms with Gasteiger partial charge in [0.2, 0.25) is 17.7 Å². The molecule has 4 rings (SSSR count). The number of nitrogens with one attached hydrogen (secondary N) is 5. The number of nitrogens with zero attached hydrogens (tertiary/aromatic N) is 1. The molecule has 10 nitrogen and oxygen atoms in total. The molecule has 0 saturated carbocycles. The summed E-state index contributed by atoms with van der Waals surface area (Å²) in [4.78, 5) is 43.1. The van der Waals surface area contributed by atoms with E-state index < -0.39 is 18.1 Å². The summed E-state index contributed by atoms with van der Waals surface area (Å²) < 4.78 is 5.22. The lowest BCUT2D eigenvalue weighted by molar-refractivity contribution is -0.143. The Labute approximate surface area is 266 Å². The van der Waals surface area contributed by atoms with Crippen molar-refractivity contribution in [2.75, 3.05) is 34.3 Å². The molecule has 3 amide bonds. The maximum atomic E-state index is 14.3. The third-order valence-corrected chi connectivity index (χ3v) is 9.16. The molecule has 2 heterocycles. The number of hydrogen-bond acceptors (Lipinski definition) is 6. The quantitative estimate of drug-likeness (QED) is 0.215. The summed E-state index contributed by atoms with van der Waals surface area (Å²) in [5.41, 5.74) is 2.12. The summed E-state index contributed by atoms with van der Waals surface area (Å²) in [6, 6.07) is 15.8. The van der Waals surface area contributed by atoms with E-state index in [-0.39, 0.29) is 29.7 Å². The van der Waals surface area contributed by atoms with Crippen molar-refractivity contribution in [3.05, 3.63) is 65.7 Å². The van der Waals surface area contributed by atoms with Gasteiger partial charge in [0.1, 0.15) is 17.8 Å². The zero-order valence-electron chi connectivity index (χ0n) is 25.9. The van der Waals surface area contributed by atoms with Crippen molar-refractivity contribution in [3.8, 4) is 5.75 Å². The van der Waals surface area contributed by atoms with Crippen LogP contribution in [0.4, 0.5) is 0 Å². The predicted molar refractivity (Wildman–Crippen MR) is 175 cm³/mol. The molecule has 0 aromatic heterocycles. The summed E-state index contributed by atoms with van der Waals surface area (Å²) in [6.45, 7) is 1.04. The normalized spacial score (nSPS) is 21.9. The molecule has 2 aliphatic heterocycles. The monoisotopic (exact) mass is 622 g/mol. The highest BCUT2D eigenvalue weighted by Crippen LogP contribution is 2.35. The van der Waals surface area contributed by atoms with E-state index in [4.69, 9.17) is 17.0 Å². The summed E-state index contributed by atoms with van der Waals surface area (Å²) in [5.74, 6) is 0.144. The minimum absolute atomic E-state index is 0.0278. The highest BCUT2D eigenvalue weighted by Gasteiger charge is 2.47. The molecule has 5 N–H and O–H groups in total. The Morgan fingerprint density at radius 3 is 2.36 bits per heavy atom. The highest BCUT2D eigenvalue weighted by molar-refractivity contribution is 7.80. The van der Waals surface area contributed by atoms with E-state index in [1.165, 1.54) is 0 Å². The first-order valence-corrected chi connectivity index (χ1v) is 15.9. The predicted octanol–water partition coefficient (Wildman–Crippen LogP) is 1.92. The van der Waals surface area contributed by atoms with Crippen LogP contribution in [0.2, 0.25) is 0 Å². The largest absolute Gasteiger partial charge is 0.497 e. The number of carbonyl (C=O) groups excluding carboxylic acids is 3. The fourth-order valence-electron chi connectivity index (χ4n) is 6.31. The van der Waals surface area contributed by atoms with Crippen LogP contribution >= 0.6 is 12.2 Å². The van der Waals surface area contributed by atoms with Gasteiger partial charge in [0.05, 0.1) is 13.2 Å². The van der Waals surface area contributed by atoms with Gasteiger partial charge in [0.15, 0.2) is 5.11 Å². The first kappa shape index (κ1) is 33.2. The maximum Gasteiger partial charge on any atom is 0.246 e. The fraction of sp³-hybridized carbons (Fsp3) is 0.515. The van der Waals surface area contributed by atoms with Gasteiger partial charge >= 0.3 is 0 Å². The van der Waals surface area contributed by atoms with Crippen molar-refractivity contribution in [2.45, 2.75) is 69.1 Å². The third kappa shape index (κ3) is 8.69. The lowest BCUT2D eigenvalue weighted by Crippen LogP contribution is -2.58. The highest BCUT2D eigenvalue weighted by atomic mass is 32.1. The molecule has 0 aliphatic carbocycles. The molecule has 0 unspecified atom stereocenters. The Morgan fingerprint density at radius 1 is 0.955 bits per heavy atom. The van der Waals surface area contributed by atoms with Crippen LogP contribution in [-0.4, -0.2) is 86.2 Å². The van der Waals surface area contributed by atoms with Crippen molar-refractivity contribution in [3.63, 3.8) is 0 Å². The van der Waals surface area contributed by atoms with Gasteiger partial charge < -0.3 is 36.2 Å². The van der Waals surface area contributed by atoms with Crippen LogP contribution < -0.4 is 31.3 Å². The molecule has 44 heavy (non-hydrogen) atoms. The SMILES string of the molecule is CNC(=S)NCC[C@H]1CC[C@H]2CC[C@@H](C(=O)NCCc3ccc(OC)cc3)N2C(=O)[C@H]1NC(=O)[C@@H](Cc1ccccc1)NC. The number of thiocarbonyl (C=S) groups is 1. The summed E-state index contributed by atoms with van der Waals surface area (Å²) >= 11 is 5.24. The van der Waals surface area contributed by atoms with Gasteiger partial charge in [0, 0.05) is 26.2 Å². The van der Waals surface area contributed by atoms with Crippen molar-refractivity contribution >= 4 is 35.1 Å². The van der Waals surface area contributed by atoms with Gasteiger partial charge in [-0.25, -0.2) is 0 Å². The molecule has 0 spiro atoms. The number of hydrogen-bond donors (Lipinski definition) is 5. The van der Waals surface area contributed by atoms with E-state index in [1.807, 2.05) is 54.6 Å². The molecular weight excluding hydrogens is 576 g/mol. The van der Waals surface area contributed by atoms with Crippen LogP contribution in [0.1, 0.15) is 43.2 Å². The van der Waals surface area contributed by atoms with Gasteiger partial charge in [-0.15, -0.1) is 0 Å². The number of carbonyl (C=O) groups is 3. The topological polar surface area (TPSA) is 124 Å². The van der Waals surface area contributed by atoms with Crippen molar-refractivity contribution < 1.29 is 19.1 Å². The molecule has 11 heteroatoms. The van der Waals surface area contributed by atoms with Crippen LogP contribution in [0.15, 0.2) is 54.6 Å². The van der Waals surface area contributed by atoms with Crippen LogP contribution in [0, 0.1) is 5.92 Å².